The molecule has 13 heteroatoms. The number of carboxylic acid groups (broad SMARTS) is 2. The Morgan fingerprint density at radius 2 is 1.55 bits per heavy atom. The molecule has 2 fully saturated rings. The first-order valence-electron chi connectivity index (χ1n) is 12.7. The van der Waals surface area contributed by atoms with Crippen molar-refractivity contribution in [3.05, 3.63) is 59.4 Å². The number of ether oxygens (including phenoxy) is 1. The van der Waals surface area contributed by atoms with E-state index in [-0.39, 0.29) is 5.56 Å². The Labute approximate surface area is 228 Å². The van der Waals surface area contributed by atoms with Crippen molar-refractivity contribution in [1.29, 1.82) is 0 Å². The lowest BCUT2D eigenvalue weighted by Gasteiger charge is -2.35. The van der Waals surface area contributed by atoms with Gasteiger partial charge in [0.1, 0.15) is 5.82 Å². The first kappa shape index (κ1) is 30.8. The molecule has 2 aliphatic rings. The number of piperidine rings is 1. The van der Waals surface area contributed by atoms with Crippen molar-refractivity contribution in [1.82, 2.24) is 4.90 Å². The lowest BCUT2D eigenvalue weighted by atomic mass is 9.92. The monoisotopic (exact) mass is 569 g/mol. The largest absolute Gasteiger partial charge is 0.490 e. The maximum absolute atomic E-state index is 13.1. The number of nitrogens with one attached hydrogen (secondary N) is 1. The average molecular weight is 570 g/mol. The summed E-state index contributed by atoms with van der Waals surface area (Å²) in [5.74, 6) is -3.98. The molecule has 9 nitrogen and oxygen atoms in total. The number of benzene rings is 2. The maximum Gasteiger partial charge on any atom is 0.490 e. The molecule has 0 aliphatic carbocycles. The maximum atomic E-state index is 13.1. The molecule has 2 heterocycles. The molecule has 0 unspecified atom stereocenters. The molecule has 2 aliphatic heterocycles. The lowest BCUT2D eigenvalue weighted by molar-refractivity contribution is -0.192. The molecule has 2 aromatic rings. The van der Waals surface area contributed by atoms with Gasteiger partial charge in [0.15, 0.2) is 0 Å². The van der Waals surface area contributed by atoms with Crippen LogP contribution in [0.4, 0.5) is 28.9 Å². The Balaban J connectivity index is 0.000000559. The average Bonchev–Trinajstić information content (AvgIpc) is 2.93. The molecule has 0 bridgehead atoms. The first-order chi connectivity index (χ1) is 18.9. The fourth-order valence-corrected chi connectivity index (χ4v) is 4.52. The van der Waals surface area contributed by atoms with Crippen molar-refractivity contribution in [2.45, 2.75) is 25.4 Å². The van der Waals surface area contributed by atoms with E-state index in [0.717, 1.165) is 65.2 Å². The second kappa shape index (κ2) is 14.1. The third kappa shape index (κ3) is 9.19. The van der Waals surface area contributed by atoms with Gasteiger partial charge < -0.3 is 25.2 Å². The van der Waals surface area contributed by atoms with Gasteiger partial charge in [-0.05, 0) is 74.2 Å². The topological polar surface area (TPSA) is 119 Å². The van der Waals surface area contributed by atoms with Crippen LogP contribution in [0.15, 0.2) is 42.5 Å². The summed E-state index contributed by atoms with van der Waals surface area (Å²) in [7, 11) is 0. The zero-order chi connectivity index (χ0) is 29.3. The predicted octanol–water partition coefficient (Wildman–Crippen LogP) is 4.35. The number of carbonyl (C=O) groups is 3. The molecule has 2 saturated heterocycles. The van der Waals surface area contributed by atoms with E-state index in [1.54, 1.807) is 12.1 Å². The number of morpholine rings is 1. The molecule has 0 saturated carbocycles. The Morgan fingerprint density at radius 3 is 2.10 bits per heavy atom. The summed E-state index contributed by atoms with van der Waals surface area (Å²) in [6, 6.07) is 10.2. The van der Waals surface area contributed by atoms with Crippen molar-refractivity contribution in [3.8, 4) is 0 Å². The molecule has 0 radical (unpaired) electrons. The highest BCUT2D eigenvalue weighted by Gasteiger charge is 2.38. The van der Waals surface area contributed by atoms with Gasteiger partial charge in [0.05, 0.1) is 24.5 Å². The van der Waals surface area contributed by atoms with E-state index in [4.69, 9.17) is 14.6 Å². The van der Waals surface area contributed by atoms with Crippen LogP contribution >= 0.6 is 0 Å². The quantitative estimate of drug-likeness (QED) is 0.422. The van der Waals surface area contributed by atoms with Gasteiger partial charge in [0.25, 0.3) is 5.91 Å². The minimum absolute atomic E-state index is 0.165. The van der Waals surface area contributed by atoms with E-state index in [2.05, 4.69) is 15.1 Å². The number of amides is 1. The number of aliphatic carboxylic acids is 1. The SMILES string of the molecule is O=C(Nc1ccc(N2CCC(CCN3CCOCC3)CC2)c(C(=O)O)c1)c1ccc(F)cc1.O=C(O)C(F)(F)F. The van der Waals surface area contributed by atoms with E-state index >= 15 is 0 Å². The normalized spacial score (nSPS) is 16.6. The Kier molecular flexibility index (Phi) is 10.8. The molecule has 4 rings (SSSR count). The number of hydrogen-bond donors (Lipinski definition) is 3. The van der Waals surface area contributed by atoms with Crippen LogP contribution in [0.1, 0.15) is 40.0 Å². The highest BCUT2D eigenvalue weighted by molar-refractivity contribution is 6.05. The van der Waals surface area contributed by atoms with Crippen molar-refractivity contribution >= 4 is 29.2 Å². The third-order valence-corrected chi connectivity index (χ3v) is 6.75. The summed E-state index contributed by atoms with van der Waals surface area (Å²) in [5, 5.41) is 19.6. The molecule has 2 aromatic carbocycles. The first-order valence-corrected chi connectivity index (χ1v) is 12.7. The number of halogens is 4. The van der Waals surface area contributed by atoms with E-state index < -0.39 is 29.8 Å². The second-order valence-corrected chi connectivity index (χ2v) is 9.47. The van der Waals surface area contributed by atoms with E-state index in [1.165, 1.54) is 30.3 Å². The third-order valence-electron chi connectivity index (χ3n) is 6.75. The molecule has 0 spiro atoms. The van der Waals surface area contributed by atoms with Gasteiger partial charge >= 0.3 is 18.1 Å². The summed E-state index contributed by atoms with van der Waals surface area (Å²) in [5.41, 5.74) is 1.54. The number of aromatic carboxylic acids is 1. The van der Waals surface area contributed by atoms with Crippen LogP contribution < -0.4 is 10.2 Å². The van der Waals surface area contributed by atoms with E-state index in [1.807, 2.05) is 0 Å². The van der Waals surface area contributed by atoms with Crippen LogP contribution in [0.25, 0.3) is 0 Å². The van der Waals surface area contributed by atoms with Crippen LogP contribution in [0.5, 0.6) is 0 Å². The van der Waals surface area contributed by atoms with Gasteiger partial charge in [0, 0.05) is 37.4 Å². The van der Waals surface area contributed by atoms with Crippen molar-refractivity contribution in [2.75, 3.05) is 56.2 Å². The van der Waals surface area contributed by atoms with Crippen LogP contribution in [-0.4, -0.2) is 85.1 Å². The molecule has 3 N–H and O–H groups in total. The van der Waals surface area contributed by atoms with Crippen LogP contribution in [0, 0.1) is 11.7 Å². The molecular formula is C27H31F4N3O6. The molecule has 0 aromatic heterocycles. The van der Waals surface area contributed by atoms with Gasteiger partial charge in [-0.1, -0.05) is 0 Å². The van der Waals surface area contributed by atoms with Crippen molar-refractivity contribution in [3.63, 3.8) is 0 Å². The minimum atomic E-state index is -5.08. The fraction of sp³-hybridized carbons (Fsp3) is 0.444. The number of carbonyl (C=O) groups excluding carboxylic acids is 1. The van der Waals surface area contributed by atoms with Gasteiger partial charge in [-0.25, -0.2) is 14.0 Å². The second-order valence-electron chi connectivity index (χ2n) is 9.47. The molecule has 0 atom stereocenters. The summed E-state index contributed by atoms with van der Waals surface area (Å²) in [6.07, 6.45) is -1.85. The smallest absolute Gasteiger partial charge is 0.478 e. The van der Waals surface area contributed by atoms with Crippen LogP contribution in [-0.2, 0) is 9.53 Å². The highest BCUT2D eigenvalue weighted by Crippen LogP contribution is 2.30. The van der Waals surface area contributed by atoms with Crippen LogP contribution in [0.2, 0.25) is 0 Å². The highest BCUT2D eigenvalue weighted by atomic mass is 19.4. The Bertz CT molecular complexity index is 1160. The summed E-state index contributed by atoms with van der Waals surface area (Å²) in [6.45, 7) is 6.37. The number of nitrogens with zero attached hydrogens (tertiary/aromatic N) is 2. The summed E-state index contributed by atoms with van der Waals surface area (Å²) < 4.78 is 50.2. The van der Waals surface area contributed by atoms with Gasteiger partial charge in [-0.3, -0.25) is 9.69 Å². The number of rotatable bonds is 7. The summed E-state index contributed by atoms with van der Waals surface area (Å²) >= 11 is 0. The summed E-state index contributed by atoms with van der Waals surface area (Å²) in [4.78, 5) is 37.8. The van der Waals surface area contributed by atoms with Gasteiger partial charge in [0.2, 0.25) is 0 Å². The number of anilines is 2. The van der Waals surface area contributed by atoms with Gasteiger partial charge in [-0.15, -0.1) is 0 Å². The molecule has 40 heavy (non-hydrogen) atoms. The zero-order valence-electron chi connectivity index (χ0n) is 21.6. The molecular weight excluding hydrogens is 538 g/mol. The number of alkyl halides is 3. The number of hydrogen-bond acceptors (Lipinski definition) is 6. The lowest BCUT2D eigenvalue weighted by Crippen LogP contribution is -2.39. The molecule has 218 valence electrons. The van der Waals surface area contributed by atoms with Gasteiger partial charge in [-0.2, -0.15) is 13.2 Å². The predicted molar refractivity (Wildman–Crippen MR) is 138 cm³/mol. The Hall–Kier alpha value is -3.71. The standard InChI is InChI=1S/C25H30FN3O4.C2HF3O2/c26-20-3-1-19(2-4-20)24(30)27-21-5-6-23(22(17-21)25(31)32)29-11-8-18(9-12-29)7-10-28-13-15-33-16-14-28;3-2(4,5)1(6)7/h1-6,17-18H,7-16H2,(H,27,30)(H,31,32);(H,6,7). The van der Waals surface area contributed by atoms with Crippen LogP contribution in [0.3, 0.4) is 0 Å². The van der Waals surface area contributed by atoms with Crippen molar-refractivity contribution in [2.24, 2.45) is 5.92 Å². The zero-order valence-corrected chi connectivity index (χ0v) is 21.6. The number of carboxylic acids is 2. The van der Waals surface area contributed by atoms with E-state index in [9.17, 15) is 32.3 Å². The van der Waals surface area contributed by atoms with E-state index in [0.29, 0.717) is 22.9 Å². The van der Waals surface area contributed by atoms with Crippen molar-refractivity contribution < 1.29 is 46.9 Å². The minimum Gasteiger partial charge on any atom is -0.478 e. The Morgan fingerprint density at radius 1 is 0.950 bits per heavy atom. The fourth-order valence-electron chi connectivity index (χ4n) is 4.52. The molecule has 1 amide bonds.